The Balaban J connectivity index is 3.10. The fourth-order valence-electron chi connectivity index (χ4n) is 1.38. The third-order valence-corrected chi connectivity index (χ3v) is 3.14. The number of nitrogens with zero attached hydrogens (tertiary/aromatic N) is 1. The number of halogens is 2. The molecule has 2 atom stereocenters. The lowest BCUT2D eigenvalue weighted by atomic mass is 9.80. The number of benzene rings is 1. The number of hydrogen-bond donors (Lipinski definition) is 1. The number of rotatable bonds is 3. The number of aliphatic hydroxyl groups is 1. The van der Waals surface area contributed by atoms with Crippen LogP contribution in [0.15, 0.2) is 18.2 Å². The van der Waals surface area contributed by atoms with E-state index in [9.17, 15) is 9.50 Å². The smallest absolute Gasteiger partial charge is 0.141 e. The first-order valence-corrected chi connectivity index (χ1v) is 5.36. The Labute approximate surface area is 99.3 Å². The number of hydrogen-bond acceptors (Lipinski definition) is 2. The summed E-state index contributed by atoms with van der Waals surface area (Å²) in [6.07, 6.45) is -0.472. The molecule has 0 aliphatic heterocycles. The second kappa shape index (κ2) is 4.82. The van der Waals surface area contributed by atoms with Gasteiger partial charge in [-0.15, -0.1) is 0 Å². The van der Waals surface area contributed by atoms with E-state index in [2.05, 4.69) is 6.07 Å². The summed E-state index contributed by atoms with van der Waals surface area (Å²) < 4.78 is 12.9. The lowest BCUT2D eigenvalue weighted by Crippen LogP contribution is -2.23. The van der Waals surface area contributed by atoms with E-state index in [0.29, 0.717) is 12.0 Å². The molecule has 0 aromatic heterocycles. The van der Waals surface area contributed by atoms with E-state index >= 15 is 0 Å². The molecule has 0 radical (unpaired) electrons. The SMILES string of the molecule is CCC(C)(C#N)C(O)c1ccc(F)c(Cl)c1. The number of aliphatic hydroxyl groups excluding tert-OH is 1. The van der Waals surface area contributed by atoms with Crippen molar-refractivity contribution in [1.82, 2.24) is 0 Å². The Morgan fingerprint density at radius 2 is 2.25 bits per heavy atom. The van der Waals surface area contributed by atoms with Gasteiger partial charge in [0.15, 0.2) is 0 Å². The minimum Gasteiger partial charge on any atom is -0.387 e. The topological polar surface area (TPSA) is 44.0 Å². The van der Waals surface area contributed by atoms with Crippen molar-refractivity contribution in [3.8, 4) is 6.07 Å². The van der Waals surface area contributed by atoms with E-state index in [-0.39, 0.29) is 5.02 Å². The zero-order chi connectivity index (χ0) is 12.3. The molecule has 1 aromatic carbocycles. The molecule has 0 amide bonds. The second-order valence-corrected chi connectivity index (χ2v) is 4.37. The first-order valence-electron chi connectivity index (χ1n) is 4.99. The van der Waals surface area contributed by atoms with Gasteiger partial charge in [-0.05, 0) is 31.0 Å². The van der Waals surface area contributed by atoms with Crippen molar-refractivity contribution in [2.75, 3.05) is 0 Å². The summed E-state index contributed by atoms with van der Waals surface area (Å²) >= 11 is 5.63. The zero-order valence-corrected chi connectivity index (χ0v) is 9.92. The Hall–Kier alpha value is -1.11. The maximum Gasteiger partial charge on any atom is 0.141 e. The van der Waals surface area contributed by atoms with Crippen molar-refractivity contribution in [1.29, 1.82) is 5.26 Å². The van der Waals surface area contributed by atoms with Gasteiger partial charge in [-0.3, -0.25) is 0 Å². The molecule has 2 nitrogen and oxygen atoms in total. The molecule has 1 aromatic rings. The maximum atomic E-state index is 12.9. The quantitative estimate of drug-likeness (QED) is 0.881. The van der Waals surface area contributed by atoms with Gasteiger partial charge in [-0.1, -0.05) is 24.6 Å². The fraction of sp³-hybridized carbons (Fsp3) is 0.417. The molecule has 0 saturated heterocycles. The molecular weight excluding hydrogens is 229 g/mol. The largest absolute Gasteiger partial charge is 0.387 e. The van der Waals surface area contributed by atoms with Crippen LogP contribution in [0.3, 0.4) is 0 Å². The highest BCUT2D eigenvalue weighted by Gasteiger charge is 2.32. The van der Waals surface area contributed by atoms with Gasteiger partial charge in [0.05, 0.1) is 22.6 Å². The molecule has 0 bridgehead atoms. The van der Waals surface area contributed by atoms with Gasteiger partial charge in [0.2, 0.25) is 0 Å². The highest BCUT2D eigenvalue weighted by molar-refractivity contribution is 6.30. The van der Waals surface area contributed by atoms with E-state index in [1.54, 1.807) is 6.92 Å². The summed E-state index contributed by atoms with van der Waals surface area (Å²) in [7, 11) is 0. The summed E-state index contributed by atoms with van der Waals surface area (Å²) in [5.74, 6) is -0.534. The summed E-state index contributed by atoms with van der Waals surface area (Å²) in [5, 5.41) is 19.0. The van der Waals surface area contributed by atoms with Gasteiger partial charge in [0, 0.05) is 0 Å². The van der Waals surface area contributed by atoms with Gasteiger partial charge < -0.3 is 5.11 Å². The number of nitriles is 1. The van der Waals surface area contributed by atoms with Crippen molar-refractivity contribution in [2.45, 2.75) is 26.4 Å². The van der Waals surface area contributed by atoms with E-state index in [1.807, 2.05) is 6.92 Å². The Bertz CT molecular complexity index is 430. The Morgan fingerprint density at radius 3 is 2.69 bits per heavy atom. The fourth-order valence-corrected chi connectivity index (χ4v) is 1.57. The van der Waals surface area contributed by atoms with Gasteiger partial charge >= 0.3 is 0 Å². The summed E-state index contributed by atoms with van der Waals surface area (Å²) in [6.45, 7) is 3.48. The van der Waals surface area contributed by atoms with Gasteiger partial charge in [0.25, 0.3) is 0 Å². The maximum absolute atomic E-state index is 12.9. The second-order valence-electron chi connectivity index (χ2n) is 3.96. The van der Waals surface area contributed by atoms with Crippen LogP contribution >= 0.6 is 11.6 Å². The first-order chi connectivity index (χ1) is 7.44. The molecule has 0 aliphatic rings. The summed E-state index contributed by atoms with van der Waals surface area (Å²) in [5.41, 5.74) is -0.432. The zero-order valence-electron chi connectivity index (χ0n) is 9.17. The van der Waals surface area contributed by atoms with E-state index in [1.165, 1.54) is 18.2 Å². The minimum absolute atomic E-state index is 0.0482. The minimum atomic E-state index is -0.972. The third-order valence-electron chi connectivity index (χ3n) is 2.85. The summed E-state index contributed by atoms with van der Waals surface area (Å²) in [4.78, 5) is 0. The first kappa shape index (κ1) is 13.0. The normalized spacial score (nSPS) is 16.2. The van der Waals surface area contributed by atoms with E-state index in [4.69, 9.17) is 16.9 Å². The molecule has 0 spiro atoms. The highest BCUT2D eigenvalue weighted by atomic mass is 35.5. The average molecular weight is 242 g/mol. The van der Waals surface area contributed by atoms with Crippen LogP contribution in [0.5, 0.6) is 0 Å². The van der Waals surface area contributed by atoms with E-state index in [0.717, 1.165) is 0 Å². The molecule has 0 fully saturated rings. The molecule has 0 heterocycles. The predicted molar refractivity (Wildman–Crippen MR) is 60.4 cm³/mol. The monoisotopic (exact) mass is 241 g/mol. The lowest BCUT2D eigenvalue weighted by Gasteiger charge is -2.26. The Kier molecular flexibility index (Phi) is 3.90. The van der Waals surface area contributed by atoms with Crippen molar-refractivity contribution in [3.05, 3.63) is 34.6 Å². The highest BCUT2D eigenvalue weighted by Crippen LogP contribution is 2.37. The lowest BCUT2D eigenvalue weighted by molar-refractivity contribution is 0.0722. The van der Waals surface area contributed by atoms with Crippen molar-refractivity contribution < 1.29 is 9.50 Å². The third kappa shape index (κ3) is 2.34. The van der Waals surface area contributed by atoms with Crippen LogP contribution < -0.4 is 0 Å². The molecule has 16 heavy (non-hydrogen) atoms. The van der Waals surface area contributed by atoms with E-state index < -0.39 is 17.3 Å². The van der Waals surface area contributed by atoms with Crippen molar-refractivity contribution in [2.24, 2.45) is 5.41 Å². The van der Waals surface area contributed by atoms with Crippen LogP contribution in [0.2, 0.25) is 5.02 Å². The molecule has 0 aliphatic carbocycles. The average Bonchev–Trinajstić information content (AvgIpc) is 2.30. The molecule has 2 unspecified atom stereocenters. The molecule has 1 N–H and O–H groups in total. The van der Waals surface area contributed by atoms with Crippen LogP contribution in [0.4, 0.5) is 4.39 Å². The molecule has 4 heteroatoms. The molecule has 1 rings (SSSR count). The molecular formula is C12H13ClFNO. The standard InChI is InChI=1S/C12H13ClFNO/c1-3-12(2,7-15)11(16)8-4-5-10(14)9(13)6-8/h4-6,11,16H,3H2,1-2H3. The predicted octanol–water partition coefficient (Wildman–Crippen LogP) is 3.45. The van der Waals surface area contributed by atoms with Crippen LogP contribution in [0, 0.1) is 22.6 Å². The molecule has 86 valence electrons. The van der Waals surface area contributed by atoms with Crippen LogP contribution in [-0.4, -0.2) is 5.11 Å². The Morgan fingerprint density at radius 1 is 1.62 bits per heavy atom. The van der Waals surface area contributed by atoms with Crippen molar-refractivity contribution in [3.63, 3.8) is 0 Å². The van der Waals surface area contributed by atoms with Crippen LogP contribution in [0.25, 0.3) is 0 Å². The van der Waals surface area contributed by atoms with Gasteiger partial charge in [-0.2, -0.15) is 5.26 Å². The van der Waals surface area contributed by atoms with Crippen LogP contribution in [0.1, 0.15) is 31.9 Å². The van der Waals surface area contributed by atoms with Crippen molar-refractivity contribution >= 4 is 11.6 Å². The van der Waals surface area contributed by atoms with Crippen LogP contribution in [-0.2, 0) is 0 Å². The van der Waals surface area contributed by atoms with Gasteiger partial charge in [0.1, 0.15) is 5.82 Å². The van der Waals surface area contributed by atoms with Gasteiger partial charge in [-0.25, -0.2) is 4.39 Å². The summed E-state index contributed by atoms with van der Waals surface area (Å²) in [6, 6.07) is 6.06. The molecule has 0 saturated carbocycles.